The second-order valence-electron chi connectivity index (χ2n) is 5.57. The Bertz CT molecular complexity index is 341. The monoisotopic (exact) mass is 246 g/mol. The molecule has 0 heterocycles. The molecule has 2 heteroatoms. The Hall–Kier alpha value is -0.860. The lowest BCUT2D eigenvalue weighted by Gasteiger charge is -2.38. The smallest absolute Gasteiger partial charge is 0.0345 e. The second-order valence-corrected chi connectivity index (χ2v) is 5.57. The summed E-state index contributed by atoms with van der Waals surface area (Å²) in [4.78, 5) is 2.57. The topological polar surface area (TPSA) is 29.3 Å². The van der Waals surface area contributed by atoms with Gasteiger partial charge in [0, 0.05) is 18.1 Å². The SMILES string of the molecule is CCC(c1ccccc1)N(C)C1CCC(N)CC1. The van der Waals surface area contributed by atoms with Gasteiger partial charge in [-0.25, -0.2) is 0 Å². The van der Waals surface area contributed by atoms with Crippen LogP contribution in [-0.2, 0) is 0 Å². The lowest BCUT2D eigenvalue weighted by molar-refractivity contribution is 0.128. The zero-order chi connectivity index (χ0) is 13.0. The highest BCUT2D eigenvalue weighted by molar-refractivity contribution is 5.19. The first-order chi connectivity index (χ1) is 8.72. The van der Waals surface area contributed by atoms with Crippen LogP contribution in [0.3, 0.4) is 0 Å². The first-order valence-electron chi connectivity index (χ1n) is 7.24. The van der Waals surface area contributed by atoms with Crippen molar-refractivity contribution in [3.63, 3.8) is 0 Å². The molecule has 1 unspecified atom stereocenters. The van der Waals surface area contributed by atoms with Gasteiger partial charge in [0.1, 0.15) is 0 Å². The van der Waals surface area contributed by atoms with Crippen LogP contribution < -0.4 is 5.73 Å². The molecule has 1 saturated carbocycles. The van der Waals surface area contributed by atoms with Crippen molar-refractivity contribution in [2.24, 2.45) is 5.73 Å². The van der Waals surface area contributed by atoms with E-state index < -0.39 is 0 Å². The van der Waals surface area contributed by atoms with Gasteiger partial charge >= 0.3 is 0 Å². The molecular weight excluding hydrogens is 220 g/mol. The van der Waals surface area contributed by atoms with Crippen LogP contribution >= 0.6 is 0 Å². The molecule has 2 N–H and O–H groups in total. The molecule has 2 rings (SSSR count). The molecule has 0 saturated heterocycles. The second kappa shape index (κ2) is 6.35. The molecule has 1 aromatic rings. The lowest BCUT2D eigenvalue weighted by Crippen LogP contribution is -2.40. The van der Waals surface area contributed by atoms with Crippen molar-refractivity contribution in [3.05, 3.63) is 35.9 Å². The molecular formula is C16H26N2. The van der Waals surface area contributed by atoms with Crippen molar-refractivity contribution in [2.75, 3.05) is 7.05 Å². The Morgan fingerprint density at radius 2 is 1.78 bits per heavy atom. The Balaban J connectivity index is 2.04. The number of hydrogen-bond acceptors (Lipinski definition) is 2. The van der Waals surface area contributed by atoms with E-state index in [1.54, 1.807) is 0 Å². The fourth-order valence-electron chi connectivity index (χ4n) is 3.20. The van der Waals surface area contributed by atoms with E-state index in [-0.39, 0.29) is 0 Å². The van der Waals surface area contributed by atoms with Gasteiger partial charge in [0.25, 0.3) is 0 Å². The van der Waals surface area contributed by atoms with Crippen LogP contribution in [0.15, 0.2) is 30.3 Å². The van der Waals surface area contributed by atoms with Gasteiger partial charge < -0.3 is 5.73 Å². The average Bonchev–Trinajstić information content (AvgIpc) is 2.41. The van der Waals surface area contributed by atoms with Crippen molar-refractivity contribution < 1.29 is 0 Å². The van der Waals surface area contributed by atoms with E-state index in [0.717, 1.165) is 0 Å². The standard InChI is InChI=1S/C16H26N2/c1-3-16(13-7-5-4-6-8-13)18(2)15-11-9-14(17)10-12-15/h4-8,14-16H,3,9-12,17H2,1-2H3. The molecule has 0 bridgehead atoms. The molecule has 0 aromatic heterocycles. The van der Waals surface area contributed by atoms with E-state index in [2.05, 4.69) is 49.2 Å². The summed E-state index contributed by atoms with van der Waals surface area (Å²) in [6.07, 6.45) is 6.03. The lowest BCUT2D eigenvalue weighted by atomic mass is 9.89. The molecule has 0 aliphatic heterocycles. The van der Waals surface area contributed by atoms with Gasteiger partial charge in [-0.1, -0.05) is 37.3 Å². The van der Waals surface area contributed by atoms with Crippen molar-refractivity contribution in [3.8, 4) is 0 Å². The third-order valence-electron chi connectivity index (χ3n) is 4.38. The molecule has 1 aromatic carbocycles. The first-order valence-corrected chi connectivity index (χ1v) is 7.24. The summed E-state index contributed by atoms with van der Waals surface area (Å²) in [5.74, 6) is 0. The van der Waals surface area contributed by atoms with E-state index in [9.17, 15) is 0 Å². The van der Waals surface area contributed by atoms with E-state index in [4.69, 9.17) is 5.73 Å². The maximum absolute atomic E-state index is 6.00. The molecule has 2 nitrogen and oxygen atoms in total. The van der Waals surface area contributed by atoms with Crippen LogP contribution in [0, 0.1) is 0 Å². The number of rotatable bonds is 4. The Labute approximate surface area is 111 Å². The van der Waals surface area contributed by atoms with Crippen LogP contribution in [0.4, 0.5) is 0 Å². The highest BCUT2D eigenvalue weighted by atomic mass is 15.2. The highest BCUT2D eigenvalue weighted by Crippen LogP contribution is 2.30. The predicted molar refractivity (Wildman–Crippen MR) is 77.5 cm³/mol. The third kappa shape index (κ3) is 3.12. The Morgan fingerprint density at radius 1 is 1.17 bits per heavy atom. The molecule has 1 atom stereocenters. The minimum Gasteiger partial charge on any atom is -0.328 e. The van der Waals surface area contributed by atoms with Gasteiger partial charge in [-0.3, -0.25) is 4.90 Å². The summed E-state index contributed by atoms with van der Waals surface area (Å²) in [5.41, 5.74) is 7.44. The van der Waals surface area contributed by atoms with E-state index in [0.29, 0.717) is 18.1 Å². The van der Waals surface area contributed by atoms with Crippen LogP contribution in [0.1, 0.15) is 50.6 Å². The van der Waals surface area contributed by atoms with Gasteiger partial charge in [-0.2, -0.15) is 0 Å². The van der Waals surface area contributed by atoms with Crippen molar-refractivity contribution in [2.45, 2.75) is 57.2 Å². The normalized spacial score (nSPS) is 26.2. The summed E-state index contributed by atoms with van der Waals surface area (Å²) in [5, 5.41) is 0. The summed E-state index contributed by atoms with van der Waals surface area (Å²) < 4.78 is 0. The summed E-state index contributed by atoms with van der Waals surface area (Å²) >= 11 is 0. The maximum atomic E-state index is 6.00. The number of benzene rings is 1. The zero-order valence-corrected chi connectivity index (χ0v) is 11.7. The van der Waals surface area contributed by atoms with Crippen LogP contribution in [0.5, 0.6) is 0 Å². The van der Waals surface area contributed by atoms with Gasteiger partial charge in [0.2, 0.25) is 0 Å². The van der Waals surface area contributed by atoms with Gasteiger partial charge in [-0.15, -0.1) is 0 Å². The maximum Gasteiger partial charge on any atom is 0.0345 e. The van der Waals surface area contributed by atoms with Gasteiger partial charge in [0.05, 0.1) is 0 Å². The molecule has 0 amide bonds. The number of nitrogens with two attached hydrogens (primary N) is 1. The highest BCUT2D eigenvalue weighted by Gasteiger charge is 2.26. The van der Waals surface area contributed by atoms with Crippen LogP contribution in [0.2, 0.25) is 0 Å². The third-order valence-corrected chi connectivity index (χ3v) is 4.38. The van der Waals surface area contributed by atoms with Crippen LogP contribution in [0.25, 0.3) is 0 Å². The van der Waals surface area contributed by atoms with E-state index in [1.165, 1.54) is 37.7 Å². The quantitative estimate of drug-likeness (QED) is 0.883. The molecule has 18 heavy (non-hydrogen) atoms. The van der Waals surface area contributed by atoms with Gasteiger partial charge in [0.15, 0.2) is 0 Å². The van der Waals surface area contributed by atoms with Crippen molar-refractivity contribution in [1.82, 2.24) is 4.90 Å². The minimum atomic E-state index is 0.437. The average molecular weight is 246 g/mol. The number of hydrogen-bond donors (Lipinski definition) is 1. The molecule has 1 fully saturated rings. The van der Waals surface area contributed by atoms with Crippen molar-refractivity contribution >= 4 is 0 Å². The predicted octanol–water partition coefficient (Wildman–Crippen LogP) is 3.34. The first kappa shape index (κ1) is 13.6. The Morgan fingerprint density at radius 3 is 2.33 bits per heavy atom. The van der Waals surface area contributed by atoms with Gasteiger partial charge in [-0.05, 0) is 44.7 Å². The fraction of sp³-hybridized carbons (Fsp3) is 0.625. The fourth-order valence-corrected chi connectivity index (χ4v) is 3.20. The van der Waals surface area contributed by atoms with E-state index >= 15 is 0 Å². The number of nitrogens with zero attached hydrogens (tertiary/aromatic N) is 1. The minimum absolute atomic E-state index is 0.437. The zero-order valence-electron chi connectivity index (χ0n) is 11.7. The molecule has 1 aliphatic rings. The largest absolute Gasteiger partial charge is 0.328 e. The Kier molecular flexibility index (Phi) is 4.79. The summed E-state index contributed by atoms with van der Waals surface area (Å²) in [7, 11) is 2.28. The summed E-state index contributed by atoms with van der Waals surface area (Å²) in [6.45, 7) is 2.28. The van der Waals surface area contributed by atoms with E-state index in [1.807, 2.05) is 0 Å². The molecule has 0 spiro atoms. The van der Waals surface area contributed by atoms with Crippen LogP contribution in [-0.4, -0.2) is 24.0 Å². The molecule has 1 aliphatic carbocycles. The molecule has 0 radical (unpaired) electrons. The van der Waals surface area contributed by atoms with Crippen molar-refractivity contribution in [1.29, 1.82) is 0 Å². The molecule has 100 valence electrons. The summed E-state index contributed by atoms with van der Waals surface area (Å²) in [6, 6.07) is 12.6.